The van der Waals surface area contributed by atoms with Gasteiger partial charge in [0.15, 0.2) is 0 Å². The molecular weight excluding hydrogens is 361 g/mol. The maximum absolute atomic E-state index is 13.1. The Morgan fingerprint density at radius 1 is 1.33 bits per heavy atom. The molecule has 0 aliphatic carbocycles. The molecule has 0 unspecified atom stereocenters. The Morgan fingerprint density at radius 3 is 2.81 bits per heavy atom. The van der Waals surface area contributed by atoms with Crippen LogP contribution in [0.4, 0.5) is 13.2 Å². The number of nitrogens with zero attached hydrogens (tertiary/aromatic N) is 1. The van der Waals surface area contributed by atoms with Crippen LogP contribution in [-0.2, 0) is 20.5 Å². The second kappa shape index (κ2) is 7.88. The maximum Gasteiger partial charge on any atom is 0.416 e. The highest BCUT2D eigenvalue weighted by atomic mass is 19.4. The number of carbonyl (C=O) groups excluding carboxylic acids is 2. The van der Waals surface area contributed by atoms with Crippen LogP contribution in [0.25, 0.3) is 0 Å². The summed E-state index contributed by atoms with van der Waals surface area (Å²) >= 11 is 0. The van der Waals surface area contributed by atoms with E-state index in [9.17, 15) is 22.8 Å². The molecule has 148 valence electrons. The van der Waals surface area contributed by atoms with Crippen LogP contribution in [0.5, 0.6) is 0 Å². The quantitative estimate of drug-likeness (QED) is 0.872. The smallest absolute Gasteiger partial charge is 0.375 e. The average molecular weight is 384 g/mol. The third-order valence-corrected chi connectivity index (χ3v) is 5.29. The molecule has 27 heavy (non-hydrogen) atoms. The molecule has 2 saturated heterocycles. The number of methoxy groups -OCH3 is 1. The second-order valence-corrected chi connectivity index (χ2v) is 7.10. The van der Waals surface area contributed by atoms with Gasteiger partial charge in [0.05, 0.1) is 23.7 Å². The number of amides is 2. The summed E-state index contributed by atoms with van der Waals surface area (Å²) in [6, 6.07) is 4.05. The van der Waals surface area contributed by atoms with E-state index >= 15 is 0 Å². The van der Waals surface area contributed by atoms with Gasteiger partial charge in [-0.15, -0.1) is 0 Å². The highest BCUT2D eigenvalue weighted by Crippen LogP contribution is 2.41. The Morgan fingerprint density at radius 2 is 2.11 bits per heavy atom. The highest BCUT2D eigenvalue weighted by Gasteiger charge is 2.45. The van der Waals surface area contributed by atoms with Crippen molar-refractivity contribution in [1.82, 2.24) is 10.2 Å². The van der Waals surface area contributed by atoms with Crippen LogP contribution in [-0.4, -0.2) is 42.5 Å². The van der Waals surface area contributed by atoms with Crippen molar-refractivity contribution in [2.45, 2.75) is 56.4 Å². The lowest BCUT2D eigenvalue weighted by molar-refractivity contribution is -0.139. The van der Waals surface area contributed by atoms with E-state index in [2.05, 4.69) is 5.32 Å². The molecule has 3 atom stereocenters. The fourth-order valence-electron chi connectivity index (χ4n) is 4.13. The van der Waals surface area contributed by atoms with Crippen molar-refractivity contribution in [2.75, 3.05) is 13.7 Å². The third-order valence-electron chi connectivity index (χ3n) is 5.29. The van der Waals surface area contributed by atoms with Crippen LogP contribution in [0.1, 0.15) is 49.3 Å². The van der Waals surface area contributed by atoms with Crippen molar-refractivity contribution < 1.29 is 27.5 Å². The molecule has 0 spiro atoms. The minimum atomic E-state index is -4.45. The molecule has 1 N–H and O–H groups in total. The summed E-state index contributed by atoms with van der Waals surface area (Å²) < 4.78 is 44.4. The summed E-state index contributed by atoms with van der Waals surface area (Å²) in [5, 5.41) is 2.96. The van der Waals surface area contributed by atoms with Gasteiger partial charge in [-0.05, 0) is 37.0 Å². The lowest BCUT2D eigenvalue weighted by Gasteiger charge is -2.33. The van der Waals surface area contributed by atoms with Crippen LogP contribution >= 0.6 is 0 Å². The number of benzene rings is 1. The van der Waals surface area contributed by atoms with Crippen molar-refractivity contribution in [2.24, 2.45) is 0 Å². The molecule has 8 heteroatoms. The molecule has 1 aromatic carbocycles. The Balaban J connectivity index is 1.96. The Labute approximate surface area is 155 Å². The highest BCUT2D eigenvalue weighted by molar-refractivity contribution is 5.80. The molecule has 0 saturated carbocycles. The first-order valence-electron chi connectivity index (χ1n) is 9.08. The Hall–Kier alpha value is -2.09. The molecule has 0 aromatic heterocycles. The standard InChI is InChI=1S/C19H23F3N2O3/c1-27-11-18(26)24-15-7-2-3-8-17(25)23-14(15)10-16(24)12-5-4-6-13(9-12)19(20,21)22/h4-6,9,14-16H,2-3,7-8,10-11H2,1H3,(H,23,25)/t14-,15+,16+/m1/s1. The molecule has 3 rings (SSSR count). The summed E-state index contributed by atoms with van der Waals surface area (Å²) in [6.07, 6.45) is -1.39. The predicted molar refractivity (Wildman–Crippen MR) is 91.7 cm³/mol. The van der Waals surface area contributed by atoms with Crippen molar-refractivity contribution in [3.05, 3.63) is 35.4 Å². The number of alkyl halides is 3. The normalized spacial score (nSPS) is 26.1. The van der Waals surface area contributed by atoms with Gasteiger partial charge in [0, 0.05) is 13.5 Å². The summed E-state index contributed by atoms with van der Waals surface area (Å²) in [4.78, 5) is 26.4. The van der Waals surface area contributed by atoms with Crippen LogP contribution in [0.3, 0.4) is 0 Å². The van der Waals surface area contributed by atoms with Gasteiger partial charge in [0.1, 0.15) is 6.61 Å². The number of hydrogen-bond donors (Lipinski definition) is 1. The fourth-order valence-corrected chi connectivity index (χ4v) is 4.13. The number of nitrogens with one attached hydrogen (secondary N) is 1. The van der Waals surface area contributed by atoms with Crippen molar-refractivity contribution in [1.29, 1.82) is 0 Å². The number of hydrogen-bond acceptors (Lipinski definition) is 3. The molecule has 2 aliphatic rings. The molecule has 5 nitrogen and oxygen atoms in total. The number of fused-ring (bicyclic) bond motifs is 1. The summed E-state index contributed by atoms with van der Waals surface area (Å²) in [6.45, 7) is -0.146. The van der Waals surface area contributed by atoms with Crippen molar-refractivity contribution in [3.63, 3.8) is 0 Å². The molecule has 0 radical (unpaired) electrons. The first-order valence-corrected chi connectivity index (χ1v) is 9.08. The second-order valence-electron chi connectivity index (χ2n) is 7.10. The van der Waals surface area contributed by atoms with E-state index < -0.39 is 17.8 Å². The SMILES string of the molecule is COCC(=O)N1[C@H](c2cccc(C(F)(F)F)c2)C[C@H]2NC(=O)CCCC[C@@H]21. The van der Waals surface area contributed by atoms with Crippen LogP contribution in [0.2, 0.25) is 0 Å². The van der Waals surface area contributed by atoms with E-state index in [1.54, 1.807) is 11.0 Å². The van der Waals surface area contributed by atoms with E-state index in [1.807, 2.05) is 0 Å². The van der Waals surface area contributed by atoms with Gasteiger partial charge in [0.2, 0.25) is 11.8 Å². The molecule has 2 heterocycles. The van der Waals surface area contributed by atoms with Gasteiger partial charge >= 0.3 is 6.18 Å². The Kier molecular flexibility index (Phi) is 5.74. The van der Waals surface area contributed by atoms with Gasteiger partial charge in [0.25, 0.3) is 0 Å². The number of halogens is 3. The summed E-state index contributed by atoms with van der Waals surface area (Å²) in [7, 11) is 1.41. The van der Waals surface area contributed by atoms with Gasteiger partial charge in [-0.2, -0.15) is 13.2 Å². The maximum atomic E-state index is 13.1. The number of likely N-dealkylation sites (tertiary alicyclic amines) is 1. The van der Waals surface area contributed by atoms with E-state index in [0.717, 1.165) is 25.0 Å². The van der Waals surface area contributed by atoms with Gasteiger partial charge in [-0.3, -0.25) is 9.59 Å². The number of ether oxygens (including phenoxy) is 1. The zero-order valence-corrected chi connectivity index (χ0v) is 15.1. The summed E-state index contributed by atoms with van der Waals surface area (Å²) in [5.74, 6) is -0.351. The minimum absolute atomic E-state index is 0.0754. The predicted octanol–water partition coefficient (Wildman–Crippen LogP) is 3.05. The van der Waals surface area contributed by atoms with Gasteiger partial charge in [-0.25, -0.2) is 0 Å². The topological polar surface area (TPSA) is 58.6 Å². The lowest BCUT2D eigenvalue weighted by atomic mass is 9.97. The van der Waals surface area contributed by atoms with Crippen molar-refractivity contribution >= 4 is 11.8 Å². The average Bonchev–Trinajstić information content (AvgIpc) is 2.94. The molecule has 2 amide bonds. The van der Waals surface area contributed by atoms with Crippen molar-refractivity contribution in [3.8, 4) is 0 Å². The van der Waals surface area contributed by atoms with Gasteiger partial charge < -0.3 is 15.0 Å². The van der Waals surface area contributed by atoms with E-state index in [4.69, 9.17) is 4.74 Å². The monoisotopic (exact) mass is 384 g/mol. The minimum Gasteiger partial charge on any atom is -0.375 e. The first-order chi connectivity index (χ1) is 12.8. The number of carbonyl (C=O) groups is 2. The largest absolute Gasteiger partial charge is 0.416 e. The molecule has 2 aliphatic heterocycles. The molecule has 1 aromatic rings. The number of rotatable bonds is 3. The van der Waals surface area contributed by atoms with Crippen LogP contribution in [0, 0.1) is 0 Å². The van der Waals surface area contributed by atoms with Crippen LogP contribution in [0.15, 0.2) is 24.3 Å². The Bertz CT molecular complexity index is 708. The fraction of sp³-hybridized carbons (Fsp3) is 0.579. The summed E-state index contributed by atoms with van der Waals surface area (Å²) in [5.41, 5.74) is -0.317. The van der Waals surface area contributed by atoms with E-state index in [1.165, 1.54) is 13.2 Å². The zero-order valence-electron chi connectivity index (χ0n) is 15.1. The van der Waals surface area contributed by atoms with Crippen LogP contribution < -0.4 is 5.32 Å². The third kappa shape index (κ3) is 4.26. The molecule has 2 fully saturated rings. The van der Waals surface area contributed by atoms with E-state index in [-0.39, 0.29) is 30.5 Å². The lowest BCUT2D eigenvalue weighted by Crippen LogP contribution is -2.48. The van der Waals surface area contributed by atoms with Gasteiger partial charge in [-0.1, -0.05) is 18.6 Å². The molecule has 0 bridgehead atoms. The van der Waals surface area contributed by atoms with E-state index in [0.29, 0.717) is 24.8 Å². The zero-order chi connectivity index (χ0) is 19.6. The molecular formula is C19H23F3N2O3. The first kappa shape index (κ1) is 19.7.